The summed E-state index contributed by atoms with van der Waals surface area (Å²) >= 11 is 0. The van der Waals surface area contributed by atoms with Gasteiger partial charge in [0.1, 0.15) is 12.1 Å². The first kappa shape index (κ1) is 18.3. The zero-order valence-electron chi connectivity index (χ0n) is 16.0. The molecule has 3 rings (SSSR count). The topological polar surface area (TPSA) is 62.4 Å². The molecule has 0 bridgehead atoms. The van der Waals surface area contributed by atoms with Crippen LogP contribution in [0, 0.1) is 5.92 Å². The molecule has 0 radical (unpaired) electrons. The van der Waals surface area contributed by atoms with Crippen LogP contribution in [0.25, 0.3) is 10.9 Å². The smallest absolute Gasteiger partial charge is 0.258 e. The summed E-state index contributed by atoms with van der Waals surface area (Å²) in [5, 5.41) is 2.94. The molecule has 4 nitrogen and oxygen atoms in total. The Labute approximate surface area is 154 Å². The zero-order valence-corrected chi connectivity index (χ0v) is 16.0. The molecule has 0 unspecified atom stereocenters. The van der Waals surface area contributed by atoms with E-state index in [2.05, 4.69) is 67.2 Å². The average Bonchev–Trinajstić information content (AvgIpc) is 2.65. The molecule has 3 aromatic rings. The third kappa shape index (κ3) is 3.86. The second-order valence-electron chi connectivity index (χ2n) is 7.31. The second kappa shape index (κ2) is 7.83. The summed E-state index contributed by atoms with van der Waals surface area (Å²) in [6, 6.07) is 16.7. The molecule has 1 aromatic heterocycles. The van der Waals surface area contributed by atoms with E-state index in [0.29, 0.717) is 17.3 Å². The first-order valence-corrected chi connectivity index (χ1v) is 9.42. The van der Waals surface area contributed by atoms with Crippen LogP contribution in [0.15, 0.2) is 53.3 Å². The summed E-state index contributed by atoms with van der Waals surface area (Å²) in [6.45, 7) is 8.74. The van der Waals surface area contributed by atoms with Crippen LogP contribution in [0.4, 0.5) is 0 Å². The van der Waals surface area contributed by atoms with Crippen LogP contribution < -0.4 is 10.9 Å². The van der Waals surface area contributed by atoms with Crippen molar-refractivity contribution in [3.63, 3.8) is 0 Å². The minimum atomic E-state index is -0.0701. The molecule has 0 fully saturated rings. The van der Waals surface area contributed by atoms with Gasteiger partial charge in [0, 0.05) is 11.5 Å². The third-order valence-electron chi connectivity index (χ3n) is 5.05. The molecule has 136 valence electrons. The summed E-state index contributed by atoms with van der Waals surface area (Å²) in [5.74, 6) is 1.20. The summed E-state index contributed by atoms with van der Waals surface area (Å²) in [6.07, 6.45) is 1.05. The van der Waals surface area contributed by atoms with Crippen molar-refractivity contribution in [1.29, 1.82) is 0 Å². The molecule has 0 amide bonds. The number of H-pyrrole nitrogens is 1. The van der Waals surface area contributed by atoms with Crippen molar-refractivity contribution < 1.29 is 5.32 Å². The van der Waals surface area contributed by atoms with E-state index in [1.807, 2.05) is 24.3 Å². The lowest BCUT2D eigenvalue weighted by molar-refractivity contribution is -0.738. The number of nitrogens with two attached hydrogens (primary N) is 1. The molecule has 0 aliphatic heterocycles. The lowest BCUT2D eigenvalue weighted by Gasteiger charge is -2.23. The van der Waals surface area contributed by atoms with Crippen molar-refractivity contribution in [1.82, 2.24) is 9.97 Å². The Morgan fingerprint density at radius 2 is 1.73 bits per heavy atom. The average molecular weight is 350 g/mol. The fraction of sp³-hybridized carbons (Fsp3) is 0.364. The Balaban J connectivity index is 1.88. The molecule has 0 aliphatic rings. The van der Waals surface area contributed by atoms with Crippen LogP contribution >= 0.6 is 0 Å². The number of benzene rings is 2. The summed E-state index contributed by atoms with van der Waals surface area (Å²) in [7, 11) is 0. The predicted molar refractivity (Wildman–Crippen MR) is 106 cm³/mol. The van der Waals surface area contributed by atoms with Crippen LogP contribution in [0.1, 0.15) is 56.7 Å². The van der Waals surface area contributed by atoms with Gasteiger partial charge < -0.3 is 10.3 Å². The molecule has 1 heterocycles. The van der Waals surface area contributed by atoms with Gasteiger partial charge in [-0.3, -0.25) is 4.79 Å². The van der Waals surface area contributed by atoms with Crippen LogP contribution in [-0.2, 0) is 6.42 Å². The Morgan fingerprint density at radius 3 is 2.38 bits per heavy atom. The SMILES string of the molecule is CCc1ccc([C@H]([NH2+][C@H](C)c2nc3ccccc3c(=O)[nH]2)C(C)C)cc1. The van der Waals surface area contributed by atoms with Gasteiger partial charge in [-0.25, -0.2) is 4.98 Å². The third-order valence-corrected chi connectivity index (χ3v) is 5.05. The molecule has 4 heteroatoms. The highest BCUT2D eigenvalue weighted by Crippen LogP contribution is 2.20. The number of para-hydroxylation sites is 1. The first-order valence-electron chi connectivity index (χ1n) is 9.42. The van der Waals surface area contributed by atoms with Crippen LogP contribution in [0.3, 0.4) is 0 Å². The quantitative estimate of drug-likeness (QED) is 0.715. The van der Waals surface area contributed by atoms with Crippen LogP contribution in [-0.4, -0.2) is 9.97 Å². The number of rotatable bonds is 6. The van der Waals surface area contributed by atoms with Crippen molar-refractivity contribution in [3.05, 3.63) is 75.8 Å². The van der Waals surface area contributed by atoms with E-state index in [1.54, 1.807) is 0 Å². The predicted octanol–water partition coefficient (Wildman–Crippen LogP) is 3.51. The van der Waals surface area contributed by atoms with Gasteiger partial charge >= 0.3 is 0 Å². The standard InChI is InChI=1S/C22H27N3O/c1-5-16-10-12-17(13-11-16)20(14(2)3)23-15(4)21-24-19-9-7-6-8-18(19)22(26)25-21/h6-15,20,23H,5H2,1-4H3,(H,24,25,26)/p+1/t15-,20-/m1/s1. The van der Waals surface area contributed by atoms with Crippen molar-refractivity contribution >= 4 is 10.9 Å². The number of aryl methyl sites for hydroxylation is 1. The summed E-state index contributed by atoms with van der Waals surface area (Å²) < 4.78 is 0. The molecule has 2 aromatic carbocycles. The Morgan fingerprint density at radius 1 is 1.04 bits per heavy atom. The number of quaternary nitrogens is 1. The number of aromatic nitrogens is 2. The van der Waals surface area contributed by atoms with Crippen LogP contribution in [0.2, 0.25) is 0 Å². The van der Waals surface area contributed by atoms with Crippen LogP contribution in [0.5, 0.6) is 0 Å². The molecule has 0 spiro atoms. The van der Waals surface area contributed by atoms with E-state index in [9.17, 15) is 4.79 Å². The Kier molecular flexibility index (Phi) is 5.52. The number of hydrogen-bond donors (Lipinski definition) is 2. The minimum absolute atomic E-state index is 0.0607. The lowest BCUT2D eigenvalue weighted by atomic mass is 9.94. The number of aromatic amines is 1. The van der Waals surface area contributed by atoms with E-state index in [0.717, 1.165) is 17.8 Å². The van der Waals surface area contributed by atoms with Crippen molar-refractivity contribution in [2.45, 2.75) is 46.2 Å². The van der Waals surface area contributed by atoms with E-state index < -0.39 is 0 Å². The molecule has 0 saturated heterocycles. The Hall–Kier alpha value is -2.46. The minimum Gasteiger partial charge on any atom is -0.331 e. The number of nitrogens with one attached hydrogen (secondary N) is 1. The van der Waals surface area contributed by atoms with E-state index >= 15 is 0 Å². The summed E-state index contributed by atoms with van der Waals surface area (Å²) in [4.78, 5) is 20.0. The van der Waals surface area contributed by atoms with E-state index in [1.165, 1.54) is 11.1 Å². The zero-order chi connectivity index (χ0) is 18.7. The maximum absolute atomic E-state index is 12.4. The van der Waals surface area contributed by atoms with Gasteiger partial charge in [-0.2, -0.15) is 0 Å². The van der Waals surface area contributed by atoms with Gasteiger partial charge in [-0.1, -0.05) is 57.2 Å². The maximum Gasteiger partial charge on any atom is 0.258 e. The van der Waals surface area contributed by atoms with Gasteiger partial charge in [0.15, 0.2) is 5.82 Å². The van der Waals surface area contributed by atoms with Crippen molar-refractivity contribution in [3.8, 4) is 0 Å². The monoisotopic (exact) mass is 350 g/mol. The fourth-order valence-electron chi connectivity index (χ4n) is 3.42. The van der Waals surface area contributed by atoms with Crippen molar-refractivity contribution in [2.24, 2.45) is 5.92 Å². The van der Waals surface area contributed by atoms with Gasteiger partial charge in [-0.15, -0.1) is 0 Å². The molecule has 0 aliphatic carbocycles. The maximum atomic E-state index is 12.4. The number of hydrogen-bond acceptors (Lipinski definition) is 2. The van der Waals surface area contributed by atoms with Gasteiger partial charge in [-0.05, 0) is 31.0 Å². The lowest BCUT2D eigenvalue weighted by Crippen LogP contribution is -2.87. The molecular weight excluding hydrogens is 322 g/mol. The molecule has 2 atom stereocenters. The molecule has 0 saturated carbocycles. The Bertz CT molecular complexity index is 928. The largest absolute Gasteiger partial charge is 0.331 e. The molecular formula is C22H28N3O+. The van der Waals surface area contributed by atoms with Gasteiger partial charge in [0.25, 0.3) is 5.56 Å². The highest BCUT2D eigenvalue weighted by molar-refractivity contribution is 5.77. The van der Waals surface area contributed by atoms with Crippen molar-refractivity contribution in [2.75, 3.05) is 0 Å². The molecule has 26 heavy (non-hydrogen) atoms. The fourth-order valence-corrected chi connectivity index (χ4v) is 3.42. The van der Waals surface area contributed by atoms with Gasteiger partial charge in [0.2, 0.25) is 0 Å². The normalized spacial score (nSPS) is 13.9. The number of nitrogens with zero attached hydrogens (tertiary/aromatic N) is 1. The second-order valence-corrected chi connectivity index (χ2v) is 7.31. The van der Waals surface area contributed by atoms with E-state index in [-0.39, 0.29) is 11.6 Å². The van der Waals surface area contributed by atoms with E-state index in [4.69, 9.17) is 0 Å². The summed E-state index contributed by atoms with van der Waals surface area (Å²) in [5.41, 5.74) is 3.34. The highest BCUT2D eigenvalue weighted by Gasteiger charge is 2.24. The van der Waals surface area contributed by atoms with Gasteiger partial charge in [0.05, 0.1) is 10.9 Å². The first-order chi connectivity index (χ1) is 12.5. The highest BCUT2D eigenvalue weighted by atomic mass is 16.1. The molecule has 3 N–H and O–H groups in total. The number of fused-ring (bicyclic) bond motifs is 1.